The van der Waals surface area contributed by atoms with Crippen LogP contribution in [-0.4, -0.2) is 12.1 Å². The molecule has 0 saturated carbocycles. The molecule has 1 rings (SSSR count). The monoisotopic (exact) mass is 257 g/mol. The maximum atomic E-state index is 4.03. The zero-order valence-corrected chi connectivity index (χ0v) is 6.75. The Balaban J connectivity index is 0.000000250. The van der Waals surface area contributed by atoms with Gasteiger partial charge in [-0.15, -0.1) is 5.54 Å². The average Bonchev–Trinajstić information content (AvgIpc) is 1.76. The van der Waals surface area contributed by atoms with E-state index in [1.165, 1.54) is 0 Å². The van der Waals surface area contributed by atoms with E-state index in [4.69, 9.17) is 0 Å². The molecule has 0 aliphatic carbocycles. The molecule has 0 amide bonds. The third kappa shape index (κ3) is 1.92. The van der Waals surface area contributed by atoms with Crippen LogP contribution in [0.5, 0.6) is 0 Å². The van der Waals surface area contributed by atoms with E-state index in [9.17, 15) is 0 Å². The SMILES string of the molecule is CC1(C)C[N-]1.[Re]. The minimum absolute atomic E-state index is 0. The zero-order valence-electron chi connectivity index (χ0n) is 4.03. The van der Waals surface area contributed by atoms with Crippen molar-refractivity contribution in [3.63, 3.8) is 0 Å². The van der Waals surface area contributed by atoms with Crippen molar-refractivity contribution in [3.05, 3.63) is 5.32 Å². The normalized spacial score (nSPS) is 25.0. The molecule has 6 heavy (non-hydrogen) atoms. The van der Waals surface area contributed by atoms with Gasteiger partial charge in [0.05, 0.1) is 0 Å². The third-order valence-electron chi connectivity index (χ3n) is 0.791. The van der Waals surface area contributed by atoms with Gasteiger partial charge in [-0.05, 0) is 0 Å². The van der Waals surface area contributed by atoms with Crippen molar-refractivity contribution in [2.24, 2.45) is 0 Å². The van der Waals surface area contributed by atoms with Crippen LogP contribution in [0.25, 0.3) is 5.32 Å². The molecule has 1 heterocycles. The Labute approximate surface area is 52.2 Å². The summed E-state index contributed by atoms with van der Waals surface area (Å²) in [6.07, 6.45) is 0. The summed E-state index contributed by atoms with van der Waals surface area (Å²) >= 11 is 0. The number of nitrogens with zero attached hydrogens (tertiary/aromatic N) is 1. The van der Waals surface area contributed by atoms with Crippen LogP contribution in [0.4, 0.5) is 0 Å². The second-order valence-electron chi connectivity index (χ2n) is 2.13. The van der Waals surface area contributed by atoms with Crippen LogP contribution in [-0.2, 0) is 20.4 Å². The predicted molar refractivity (Wildman–Crippen MR) is 22.3 cm³/mol. The second-order valence-corrected chi connectivity index (χ2v) is 2.13. The standard InChI is InChI=1S/C4H8N.Re/c1-4(2)3-5-4;/h3H2,1-2H3;/q-1;. The molecule has 1 radical (unpaired) electrons. The Morgan fingerprint density at radius 1 is 1.50 bits per heavy atom. The van der Waals surface area contributed by atoms with Gasteiger partial charge in [0.1, 0.15) is 0 Å². The summed E-state index contributed by atoms with van der Waals surface area (Å²) in [5.41, 5.74) is 0.375. The number of rotatable bonds is 0. The summed E-state index contributed by atoms with van der Waals surface area (Å²) in [4.78, 5) is 0. The minimum Gasteiger partial charge on any atom is -0.660 e. The smallest absolute Gasteiger partial charge is 0 e. The van der Waals surface area contributed by atoms with E-state index in [1.54, 1.807) is 0 Å². The van der Waals surface area contributed by atoms with E-state index in [0.29, 0.717) is 5.54 Å². The van der Waals surface area contributed by atoms with Crippen LogP contribution in [0.3, 0.4) is 0 Å². The van der Waals surface area contributed by atoms with E-state index in [-0.39, 0.29) is 20.4 Å². The molecular weight excluding hydrogens is 248 g/mol. The topological polar surface area (TPSA) is 14.1 Å². The molecule has 2 heteroatoms. The first-order valence-electron chi connectivity index (χ1n) is 1.89. The Bertz CT molecular complexity index is 45.5. The molecule has 0 atom stereocenters. The van der Waals surface area contributed by atoms with Gasteiger partial charge in [-0.2, -0.15) is 6.54 Å². The second kappa shape index (κ2) is 1.62. The number of hydrogen-bond acceptors (Lipinski definition) is 0. The van der Waals surface area contributed by atoms with E-state index < -0.39 is 0 Å². The van der Waals surface area contributed by atoms with Crippen LogP contribution >= 0.6 is 0 Å². The summed E-state index contributed by atoms with van der Waals surface area (Å²) in [6, 6.07) is 0. The minimum atomic E-state index is 0. The Hall–Kier alpha value is 0.622. The first-order valence-corrected chi connectivity index (χ1v) is 1.89. The summed E-state index contributed by atoms with van der Waals surface area (Å²) in [6.45, 7) is 5.34. The van der Waals surface area contributed by atoms with Gasteiger partial charge in [0.2, 0.25) is 0 Å². The molecule has 1 saturated heterocycles. The third-order valence-corrected chi connectivity index (χ3v) is 0.791. The van der Waals surface area contributed by atoms with Crippen LogP contribution in [0, 0.1) is 0 Å². The van der Waals surface area contributed by atoms with Crippen molar-refractivity contribution in [2.45, 2.75) is 19.4 Å². The first-order chi connectivity index (χ1) is 2.21. The Morgan fingerprint density at radius 3 is 1.67 bits per heavy atom. The quantitative estimate of drug-likeness (QED) is 0.577. The summed E-state index contributed by atoms with van der Waals surface area (Å²) in [7, 11) is 0. The van der Waals surface area contributed by atoms with Crippen molar-refractivity contribution in [1.82, 2.24) is 0 Å². The molecule has 1 nitrogen and oxygen atoms in total. The van der Waals surface area contributed by atoms with Crippen LogP contribution in [0.1, 0.15) is 13.8 Å². The summed E-state index contributed by atoms with van der Waals surface area (Å²) < 4.78 is 0. The van der Waals surface area contributed by atoms with Crippen molar-refractivity contribution in [1.29, 1.82) is 0 Å². The van der Waals surface area contributed by atoms with Crippen molar-refractivity contribution < 1.29 is 20.4 Å². The maximum Gasteiger partial charge on any atom is 0 e. The van der Waals surface area contributed by atoms with Gasteiger partial charge in [0.25, 0.3) is 0 Å². The van der Waals surface area contributed by atoms with E-state index in [0.717, 1.165) is 6.54 Å². The fourth-order valence-corrected chi connectivity index (χ4v) is 0.158. The largest absolute Gasteiger partial charge is 0.660 e. The molecule has 0 N–H and O–H groups in total. The van der Waals surface area contributed by atoms with Gasteiger partial charge in [-0.25, -0.2) is 0 Å². The van der Waals surface area contributed by atoms with Gasteiger partial charge < -0.3 is 5.32 Å². The zero-order chi connectivity index (χ0) is 3.91. The van der Waals surface area contributed by atoms with Gasteiger partial charge in [0.15, 0.2) is 0 Å². The van der Waals surface area contributed by atoms with Crippen molar-refractivity contribution >= 4 is 0 Å². The predicted octanol–water partition coefficient (Wildman–Crippen LogP) is 1.15. The van der Waals surface area contributed by atoms with Gasteiger partial charge in [-0.1, -0.05) is 13.8 Å². The first kappa shape index (κ1) is 6.62. The Kier molecular flexibility index (Phi) is 1.78. The van der Waals surface area contributed by atoms with E-state index >= 15 is 0 Å². The average molecular weight is 256 g/mol. The van der Waals surface area contributed by atoms with Gasteiger partial charge >= 0.3 is 0 Å². The van der Waals surface area contributed by atoms with Crippen LogP contribution < -0.4 is 0 Å². The summed E-state index contributed by atoms with van der Waals surface area (Å²) in [5.74, 6) is 0. The van der Waals surface area contributed by atoms with Crippen molar-refractivity contribution in [2.75, 3.05) is 6.54 Å². The fourth-order valence-electron chi connectivity index (χ4n) is 0.158. The molecule has 0 aromatic heterocycles. The summed E-state index contributed by atoms with van der Waals surface area (Å²) in [5, 5.41) is 4.03. The molecule has 0 spiro atoms. The van der Waals surface area contributed by atoms with Crippen molar-refractivity contribution in [3.8, 4) is 0 Å². The van der Waals surface area contributed by atoms with Gasteiger partial charge in [-0.3, -0.25) is 0 Å². The molecule has 1 aliphatic rings. The van der Waals surface area contributed by atoms with Gasteiger partial charge in [0, 0.05) is 20.4 Å². The molecule has 37 valence electrons. The molecule has 0 unspecified atom stereocenters. The molecule has 1 fully saturated rings. The number of hydrogen-bond donors (Lipinski definition) is 0. The van der Waals surface area contributed by atoms with E-state index in [2.05, 4.69) is 19.2 Å². The molecule has 0 bridgehead atoms. The molecule has 0 aromatic carbocycles. The maximum absolute atomic E-state index is 4.03. The van der Waals surface area contributed by atoms with Crippen LogP contribution in [0.2, 0.25) is 0 Å². The Morgan fingerprint density at radius 2 is 1.67 bits per heavy atom. The molecule has 1 aliphatic heterocycles. The van der Waals surface area contributed by atoms with E-state index in [1.807, 2.05) is 0 Å². The fraction of sp³-hybridized carbons (Fsp3) is 1.00. The molecular formula is C4H8NRe-. The molecule has 0 aromatic rings. The van der Waals surface area contributed by atoms with Crippen LogP contribution in [0.15, 0.2) is 0 Å².